The Morgan fingerprint density at radius 2 is 2.05 bits per heavy atom. The lowest BCUT2D eigenvalue weighted by molar-refractivity contribution is -0.119. The predicted octanol–water partition coefficient (Wildman–Crippen LogP) is 1.47. The Bertz CT molecular complexity index is 489. The molecule has 6 heteroatoms. The largest absolute Gasteiger partial charge is 0.370 e. The number of carbonyl (C=O) groups excluding carboxylic acids is 1. The first-order chi connectivity index (χ1) is 9.63. The van der Waals surface area contributed by atoms with Crippen molar-refractivity contribution in [2.75, 3.05) is 23.7 Å². The minimum absolute atomic E-state index is 0.0919. The van der Waals surface area contributed by atoms with Gasteiger partial charge in [-0.2, -0.15) is 0 Å². The summed E-state index contributed by atoms with van der Waals surface area (Å²) in [7, 11) is 0. The first kappa shape index (κ1) is 14.6. The number of carbonyl (C=O) groups is 1. The number of rotatable bonds is 6. The van der Waals surface area contributed by atoms with Gasteiger partial charge in [0, 0.05) is 31.5 Å². The predicted molar refractivity (Wildman–Crippen MR) is 80.0 cm³/mol. The zero-order chi connectivity index (χ0) is 14.5. The molecule has 1 atom stereocenters. The van der Waals surface area contributed by atoms with Crippen molar-refractivity contribution in [1.82, 2.24) is 15.3 Å². The molecule has 6 nitrogen and oxygen atoms in total. The lowest BCUT2D eigenvalue weighted by Gasteiger charge is -2.17. The van der Waals surface area contributed by atoms with Crippen LogP contribution in [0.1, 0.15) is 38.1 Å². The van der Waals surface area contributed by atoms with Gasteiger partial charge >= 0.3 is 0 Å². The van der Waals surface area contributed by atoms with E-state index in [4.69, 9.17) is 0 Å². The molecule has 1 amide bonds. The third kappa shape index (κ3) is 3.37. The lowest BCUT2D eigenvalue weighted by atomic mass is 10.2. The molecule has 110 valence electrons. The van der Waals surface area contributed by atoms with Crippen molar-refractivity contribution in [3.63, 3.8) is 0 Å². The van der Waals surface area contributed by atoms with Crippen molar-refractivity contribution in [1.29, 1.82) is 0 Å². The van der Waals surface area contributed by atoms with E-state index in [-0.39, 0.29) is 11.9 Å². The molecular weight excluding hydrogens is 254 g/mol. The summed E-state index contributed by atoms with van der Waals surface area (Å²) in [5.41, 5.74) is 1.01. The summed E-state index contributed by atoms with van der Waals surface area (Å²) in [6, 6.07) is 0.111. The molecule has 1 aliphatic heterocycles. The summed E-state index contributed by atoms with van der Waals surface area (Å²) in [5, 5.41) is 9.52. The van der Waals surface area contributed by atoms with Crippen LogP contribution in [0.4, 0.5) is 11.6 Å². The van der Waals surface area contributed by atoms with Crippen LogP contribution >= 0.6 is 0 Å². The van der Waals surface area contributed by atoms with Crippen molar-refractivity contribution < 1.29 is 4.79 Å². The van der Waals surface area contributed by atoms with Gasteiger partial charge < -0.3 is 16.0 Å². The second-order valence-electron chi connectivity index (χ2n) is 5.09. The van der Waals surface area contributed by atoms with E-state index < -0.39 is 0 Å². The van der Waals surface area contributed by atoms with Crippen LogP contribution in [-0.2, 0) is 11.2 Å². The summed E-state index contributed by atoms with van der Waals surface area (Å²) in [5.74, 6) is 2.62. The number of anilines is 2. The molecule has 0 radical (unpaired) electrons. The zero-order valence-electron chi connectivity index (χ0n) is 12.4. The summed E-state index contributed by atoms with van der Waals surface area (Å²) >= 11 is 0. The number of hydrogen-bond acceptors (Lipinski definition) is 5. The molecule has 0 spiro atoms. The van der Waals surface area contributed by atoms with Gasteiger partial charge in [-0.3, -0.25) is 4.79 Å². The van der Waals surface area contributed by atoms with E-state index in [9.17, 15) is 4.79 Å². The standard InChI is InChI=1S/C14H23N5O/c1-4-6-15-13-9(3)14(19-11(5-2)18-13)17-10-7-12(20)16-8-10/h10H,4-8H2,1-3H3,(H,16,20)(H2,15,17,18,19). The Labute approximate surface area is 119 Å². The Morgan fingerprint density at radius 1 is 1.30 bits per heavy atom. The topological polar surface area (TPSA) is 78.9 Å². The van der Waals surface area contributed by atoms with Gasteiger partial charge in [0.1, 0.15) is 17.5 Å². The van der Waals surface area contributed by atoms with E-state index >= 15 is 0 Å². The minimum atomic E-state index is 0.0919. The van der Waals surface area contributed by atoms with E-state index in [0.717, 1.165) is 42.4 Å². The molecular formula is C14H23N5O. The van der Waals surface area contributed by atoms with Gasteiger partial charge in [0.15, 0.2) is 0 Å². The quantitative estimate of drug-likeness (QED) is 0.734. The van der Waals surface area contributed by atoms with Gasteiger partial charge in [-0.15, -0.1) is 0 Å². The molecule has 2 rings (SSSR count). The molecule has 20 heavy (non-hydrogen) atoms. The maximum absolute atomic E-state index is 11.3. The summed E-state index contributed by atoms with van der Waals surface area (Å²) in [4.78, 5) is 20.3. The van der Waals surface area contributed by atoms with Gasteiger partial charge in [0.05, 0.1) is 6.04 Å². The van der Waals surface area contributed by atoms with Crippen molar-refractivity contribution in [2.45, 2.75) is 46.1 Å². The van der Waals surface area contributed by atoms with Crippen molar-refractivity contribution in [2.24, 2.45) is 0 Å². The molecule has 1 aromatic heterocycles. The molecule has 0 bridgehead atoms. The van der Waals surface area contributed by atoms with Gasteiger partial charge in [-0.25, -0.2) is 9.97 Å². The third-order valence-corrected chi connectivity index (χ3v) is 3.37. The van der Waals surface area contributed by atoms with Crippen LogP contribution in [0, 0.1) is 6.92 Å². The lowest BCUT2D eigenvalue weighted by Crippen LogP contribution is -2.24. The van der Waals surface area contributed by atoms with Crippen LogP contribution in [-0.4, -0.2) is 35.0 Å². The second-order valence-corrected chi connectivity index (χ2v) is 5.09. The normalized spacial score (nSPS) is 17.9. The monoisotopic (exact) mass is 277 g/mol. The highest BCUT2D eigenvalue weighted by molar-refractivity contribution is 5.79. The number of nitrogens with zero attached hydrogens (tertiary/aromatic N) is 2. The van der Waals surface area contributed by atoms with Crippen LogP contribution in [0.25, 0.3) is 0 Å². The van der Waals surface area contributed by atoms with Crippen LogP contribution in [0.3, 0.4) is 0 Å². The smallest absolute Gasteiger partial charge is 0.222 e. The fourth-order valence-corrected chi connectivity index (χ4v) is 2.18. The van der Waals surface area contributed by atoms with E-state index in [1.165, 1.54) is 0 Å². The SMILES string of the molecule is CCCNc1nc(CC)nc(NC2CNC(=O)C2)c1C. The minimum Gasteiger partial charge on any atom is -0.370 e. The van der Waals surface area contributed by atoms with Crippen LogP contribution in [0.2, 0.25) is 0 Å². The highest BCUT2D eigenvalue weighted by atomic mass is 16.1. The Balaban J connectivity index is 2.19. The molecule has 1 aromatic rings. The van der Waals surface area contributed by atoms with Crippen LogP contribution in [0.15, 0.2) is 0 Å². The number of amides is 1. The van der Waals surface area contributed by atoms with Crippen molar-refractivity contribution >= 4 is 17.5 Å². The van der Waals surface area contributed by atoms with Gasteiger partial charge in [-0.1, -0.05) is 13.8 Å². The summed E-state index contributed by atoms with van der Waals surface area (Å²) in [6.45, 7) is 7.72. The molecule has 0 aliphatic carbocycles. The highest BCUT2D eigenvalue weighted by Crippen LogP contribution is 2.22. The number of hydrogen-bond donors (Lipinski definition) is 3. The van der Waals surface area contributed by atoms with E-state index in [1.807, 2.05) is 13.8 Å². The first-order valence-corrected chi connectivity index (χ1v) is 7.28. The number of nitrogens with one attached hydrogen (secondary N) is 3. The fourth-order valence-electron chi connectivity index (χ4n) is 2.18. The zero-order valence-corrected chi connectivity index (χ0v) is 12.4. The van der Waals surface area contributed by atoms with E-state index in [2.05, 4.69) is 32.8 Å². The maximum Gasteiger partial charge on any atom is 0.222 e. The van der Waals surface area contributed by atoms with Crippen molar-refractivity contribution in [3.8, 4) is 0 Å². The Hall–Kier alpha value is -1.85. The summed E-state index contributed by atoms with van der Waals surface area (Å²) in [6.07, 6.45) is 2.34. The van der Waals surface area contributed by atoms with Crippen LogP contribution in [0.5, 0.6) is 0 Å². The maximum atomic E-state index is 11.3. The average Bonchev–Trinajstić information content (AvgIpc) is 2.85. The van der Waals surface area contributed by atoms with E-state index in [1.54, 1.807) is 0 Å². The molecule has 0 aromatic carbocycles. The van der Waals surface area contributed by atoms with Gasteiger partial charge in [0.2, 0.25) is 5.91 Å². The molecule has 3 N–H and O–H groups in total. The fraction of sp³-hybridized carbons (Fsp3) is 0.643. The third-order valence-electron chi connectivity index (χ3n) is 3.37. The van der Waals surface area contributed by atoms with Crippen molar-refractivity contribution in [3.05, 3.63) is 11.4 Å². The van der Waals surface area contributed by atoms with Gasteiger partial charge in [-0.05, 0) is 13.3 Å². The molecule has 1 fully saturated rings. The second kappa shape index (κ2) is 6.54. The van der Waals surface area contributed by atoms with Crippen LogP contribution < -0.4 is 16.0 Å². The molecule has 0 saturated carbocycles. The molecule has 1 saturated heterocycles. The molecule has 2 heterocycles. The summed E-state index contributed by atoms with van der Waals surface area (Å²) < 4.78 is 0. The van der Waals surface area contributed by atoms with Gasteiger partial charge in [0.25, 0.3) is 0 Å². The average molecular weight is 277 g/mol. The Kier molecular flexibility index (Phi) is 4.76. The Morgan fingerprint density at radius 3 is 2.65 bits per heavy atom. The number of aromatic nitrogens is 2. The molecule has 1 aliphatic rings. The highest BCUT2D eigenvalue weighted by Gasteiger charge is 2.22. The first-order valence-electron chi connectivity index (χ1n) is 7.28. The molecule has 1 unspecified atom stereocenters. The number of aryl methyl sites for hydroxylation is 1. The van der Waals surface area contributed by atoms with E-state index in [0.29, 0.717) is 13.0 Å².